The van der Waals surface area contributed by atoms with Crippen molar-refractivity contribution in [2.45, 2.75) is 4.21 Å². The first-order valence-electron chi connectivity index (χ1n) is 4.06. The zero-order chi connectivity index (χ0) is 10.1. The first-order chi connectivity index (χ1) is 6.74. The van der Waals surface area contributed by atoms with Gasteiger partial charge in [-0.3, -0.25) is 9.59 Å². The fourth-order valence-electron chi connectivity index (χ4n) is 1.33. The molecule has 0 aliphatic carbocycles. The number of ether oxygens (including phenoxy) is 1. The average molecular weight is 228 g/mol. The molecular weight excluding hydrogens is 220 g/mol. The van der Waals surface area contributed by atoms with E-state index in [0.29, 0.717) is 11.3 Å². The van der Waals surface area contributed by atoms with Crippen LogP contribution in [0.25, 0.3) is 0 Å². The molecule has 3 nitrogen and oxygen atoms in total. The third-order valence-electron chi connectivity index (χ3n) is 2.08. The summed E-state index contributed by atoms with van der Waals surface area (Å²) in [6.07, 6.45) is 0. The highest BCUT2D eigenvalue weighted by atomic mass is 32.2. The van der Waals surface area contributed by atoms with Crippen LogP contribution in [-0.4, -0.2) is 24.6 Å². The number of hydrogen-bond donors (Lipinski definition) is 0. The highest BCUT2D eigenvalue weighted by Crippen LogP contribution is 2.37. The number of hydrogen-bond acceptors (Lipinski definition) is 5. The van der Waals surface area contributed by atoms with Crippen LogP contribution < -0.4 is 0 Å². The van der Waals surface area contributed by atoms with E-state index in [4.69, 9.17) is 0 Å². The van der Waals surface area contributed by atoms with Gasteiger partial charge in [0.05, 0.1) is 11.3 Å². The Kier molecular flexibility index (Phi) is 2.60. The van der Waals surface area contributed by atoms with Crippen LogP contribution in [0.5, 0.6) is 0 Å². The van der Waals surface area contributed by atoms with Crippen molar-refractivity contribution >= 4 is 34.9 Å². The van der Waals surface area contributed by atoms with Crippen molar-refractivity contribution in [2.24, 2.45) is 5.92 Å². The van der Waals surface area contributed by atoms with Gasteiger partial charge in [-0.1, -0.05) is 0 Å². The molecule has 0 saturated carbocycles. The first-order valence-corrected chi connectivity index (χ1v) is 5.93. The average Bonchev–Trinajstić information content (AvgIpc) is 2.66. The Balaban J connectivity index is 2.30. The van der Waals surface area contributed by atoms with Crippen LogP contribution in [0.2, 0.25) is 0 Å². The van der Waals surface area contributed by atoms with Crippen LogP contribution in [0, 0.1) is 5.92 Å². The van der Waals surface area contributed by atoms with E-state index in [9.17, 15) is 9.59 Å². The number of thiophene rings is 1. The van der Waals surface area contributed by atoms with Crippen molar-refractivity contribution in [2.75, 3.05) is 12.9 Å². The maximum atomic E-state index is 11.8. The Labute approximate surface area is 89.5 Å². The lowest BCUT2D eigenvalue weighted by atomic mass is 10.0. The molecule has 0 fully saturated rings. The fourth-order valence-corrected chi connectivity index (χ4v) is 3.53. The number of esters is 1. The predicted octanol–water partition coefficient (Wildman–Crippen LogP) is 1.83. The molecular formula is C9H8O3S2. The van der Waals surface area contributed by atoms with Gasteiger partial charge in [0.1, 0.15) is 5.92 Å². The lowest BCUT2D eigenvalue weighted by molar-refractivity contribution is -0.142. The maximum Gasteiger partial charge on any atom is 0.317 e. The quantitative estimate of drug-likeness (QED) is 0.543. The summed E-state index contributed by atoms with van der Waals surface area (Å²) in [5.41, 5.74) is 0.668. The van der Waals surface area contributed by atoms with Gasteiger partial charge in [-0.05, 0) is 11.4 Å². The predicted molar refractivity (Wildman–Crippen MR) is 54.9 cm³/mol. The topological polar surface area (TPSA) is 43.4 Å². The lowest BCUT2D eigenvalue weighted by Crippen LogP contribution is -2.29. The van der Waals surface area contributed by atoms with Crippen LogP contribution in [0.3, 0.4) is 0 Å². The van der Waals surface area contributed by atoms with Gasteiger partial charge in [-0.25, -0.2) is 0 Å². The summed E-state index contributed by atoms with van der Waals surface area (Å²) in [5.74, 6) is -0.655. The number of methoxy groups -OCH3 is 1. The standard InChI is InChI=1S/C9H8O3S2/c1-12-8(11)6-4-14-9-5(7(6)10)2-3-13-9/h2-3,6H,4H2,1H3. The summed E-state index contributed by atoms with van der Waals surface area (Å²) in [4.78, 5) is 23.0. The number of carbonyl (C=O) groups excluding carboxylic acids is 2. The van der Waals surface area contributed by atoms with Gasteiger partial charge in [0.15, 0.2) is 5.78 Å². The highest BCUT2D eigenvalue weighted by Gasteiger charge is 2.34. The molecule has 5 heteroatoms. The molecule has 14 heavy (non-hydrogen) atoms. The SMILES string of the molecule is COC(=O)C1CSc2sccc2C1=O. The molecule has 0 bridgehead atoms. The molecule has 2 rings (SSSR count). The molecule has 1 aromatic rings. The third kappa shape index (κ3) is 1.46. The van der Waals surface area contributed by atoms with Gasteiger partial charge in [-0.15, -0.1) is 23.1 Å². The Bertz CT molecular complexity index is 383. The molecule has 1 aliphatic heterocycles. The summed E-state index contributed by atoms with van der Waals surface area (Å²) in [7, 11) is 1.31. The minimum absolute atomic E-state index is 0.105. The summed E-state index contributed by atoms with van der Waals surface area (Å²) in [5, 5.41) is 1.87. The van der Waals surface area contributed by atoms with Gasteiger partial charge < -0.3 is 4.74 Å². The molecule has 1 atom stereocenters. The fraction of sp³-hybridized carbons (Fsp3) is 0.333. The van der Waals surface area contributed by atoms with E-state index >= 15 is 0 Å². The lowest BCUT2D eigenvalue weighted by Gasteiger charge is -2.17. The largest absolute Gasteiger partial charge is 0.468 e. The van der Waals surface area contributed by atoms with Crippen LogP contribution >= 0.6 is 23.1 Å². The second kappa shape index (κ2) is 3.74. The molecule has 0 saturated heterocycles. The van der Waals surface area contributed by atoms with Crippen molar-refractivity contribution in [1.29, 1.82) is 0 Å². The van der Waals surface area contributed by atoms with Crippen molar-refractivity contribution < 1.29 is 14.3 Å². The summed E-state index contributed by atoms with van der Waals surface area (Å²) >= 11 is 3.09. The van der Waals surface area contributed by atoms with E-state index in [1.807, 2.05) is 5.38 Å². The van der Waals surface area contributed by atoms with Gasteiger partial charge in [0.25, 0.3) is 0 Å². The smallest absolute Gasteiger partial charge is 0.317 e. The number of fused-ring (bicyclic) bond motifs is 1. The van der Waals surface area contributed by atoms with Crippen molar-refractivity contribution in [1.82, 2.24) is 0 Å². The van der Waals surface area contributed by atoms with Crippen LogP contribution in [0.15, 0.2) is 15.7 Å². The number of Topliss-reactive ketones (excluding diaryl/α,β-unsaturated/α-hetero) is 1. The van der Waals surface area contributed by atoms with Crippen LogP contribution in [0.4, 0.5) is 0 Å². The van der Waals surface area contributed by atoms with Gasteiger partial charge >= 0.3 is 5.97 Å². The van der Waals surface area contributed by atoms with E-state index in [1.165, 1.54) is 7.11 Å². The first kappa shape index (κ1) is 9.73. The third-order valence-corrected chi connectivity index (χ3v) is 4.41. The van der Waals surface area contributed by atoms with E-state index in [-0.39, 0.29) is 5.78 Å². The van der Waals surface area contributed by atoms with Crippen molar-refractivity contribution in [3.8, 4) is 0 Å². The van der Waals surface area contributed by atoms with E-state index < -0.39 is 11.9 Å². The Morgan fingerprint density at radius 1 is 1.64 bits per heavy atom. The zero-order valence-corrected chi connectivity index (χ0v) is 9.11. The number of thioether (sulfide) groups is 1. The molecule has 0 spiro atoms. The molecule has 0 aromatic carbocycles. The number of carbonyl (C=O) groups is 2. The Hall–Kier alpha value is -0.810. The Morgan fingerprint density at radius 3 is 3.14 bits per heavy atom. The summed E-state index contributed by atoms with van der Waals surface area (Å²) in [6.45, 7) is 0. The second-order valence-electron chi connectivity index (χ2n) is 2.87. The minimum Gasteiger partial charge on any atom is -0.468 e. The molecule has 1 aromatic heterocycles. The highest BCUT2D eigenvalue weighted by molar-refractivity contribution is 8.01. The van der Waals surface area contributed by atoms with Gasteiger partial charge in [0.2, 0.25) is 0 Å². The van der Waals surface area contributed by atoms with Crippen molar-refractivity contribution in [3.63, 3.8) is 0 Å². The van der Waals surface area contributed by atoms with E-state index in [2.05, 4.69) is 4.74 Å². The Morgan fingerprint density at radius 2 is 2.43 bits per heavy atom. The number of rotatable bonds is 1. The zero-order valence-electron chi connectivity index (χ0n) is 7.48. The summed E-state index contributed by atoms with van der Waals surface area (Å²) in [6, 6.07) is 1.77. The molecule has 74 valence electrons. The monoisotopic (exact) mass is 228 g/mol. The van der Waals surface area contributed by atoms with Gasteiger partial charge in [0, 0.05) is 11.3 Å². The maximum absolute atomic E-state index is 11.8. The number of ketones is 1. The van der Waals surface area contributed by atoms with Gasteiger partial charge in [-0.2, -0.15) is 0 Å². The molecule has 1 unspecified atom stereocenters. The van der Waals surface area contributed by atoms with Crippen molar-refractivity contribution in [3.05, 3.63) is 17.0 Å². The second-order valence-corrected chi connectivity index (χ2v) is 5.08. The molecule has 2 heterocycles. The molecule has 0 radical (unpaired) electrons. The molecule has 1 aliphatic rings. The van der Waals surface area contributed by atoms with E-state index in [0.717, 1.165) is 4.21 Å². The summed E-state index contributed by atoms with van der Waals surface area (Å²) < 4.78 is 5.59. The normalized spacial score (nSPS) is 20.4. The van der Waals surface area contributed by atoms with Crippen LogP contribution in [0.1, 0.15) is 10.4 Å². The molecule has 0 amide bonds. The molecule has 0 N–H and O–H groups in total. The van der Waals surface area contributed by atoms with Crippen LogP contribution in [-0.2, 0) is 9.53 Å². The van der Waals surface area contributed by atoms with E-state index in [1.54, 1.807) is 29.2 Å². The minimum atomic E-state index is -0.618.